The minimum absolute atomic E-state index is 0.0418. The topological polar surface area (TPSA) is 95.9 Å². The van der Waals surface area contributed by atoms with Crippen molar-refractivity contribution in [1.82, 2.24) is 4.90 Å². The van der Waals surface area contributed by atoms with E-state index in [9.17, 15) is 9.59 Å². The monoisotopic (exact) mass is 450 g/mol. The molecular weight excluding hydrogens is 428 g/mol. The number of cyclic esters (lactones) is 1. The van der Waals surface area contributed by atoms with Crippen LogP contribution in [0.15, 0.2) is 47.1 Å². The van der Waals surface area contributed by atoms with Crippen LogP contribution in [0.2, 0.25) is 0 Å². The van der Waals surface area contributed by atoms with Gasteiger partial charge in [0.15, 0.2) is 35.3 Å². The van der Waals surface area contributed by atoms with Crippen LogP contribution >= 0.6 is 0 Å². The minimum Gasteiger partial charge on any atom is -0.493 e. The quantitative estimate of drug-likeness (QED) is 0.493. The standard InChI is InChI=1S/C24H22N2O7/c1-29-20-11-15(4-6-18(20)30-13-22(27)26-8-2-3-9-26)10-17-24(28)33-23(25-17)16-5-7-19-21(12-16)32-14-31-19/h4-7,10-12H,2-3,8-9,13-14H2,1H3/b17-10-. The predicted molar refractivity (Wildman–Crippen MR) is 117 cm³/mol. The molecule has 3 aliphatic rings. The molecule has 170 valence electrons. The number of benzene rings is 2. The second-order valence-electron chi connectivity index (χ2n) is 7.69. The third-order valence-electron chi connectivity index (χ3n) is 5.54. The van der Waals surface area contributed by atoms with Gasteiger partial charge in [0.25, 0.3) is 5.91 Å². The van der Waals surface area contributed by atoms with E-state index in [1.54, 1.807) is 47.4 Å². The van der Waals surface area contributed by atoms with E-state index in [2.05, 4.69) is 4.99 Å². The maximum Gasteiger partial charge on any atom is 0.363 e. The van der Waals surface area contributed by atoms with Crippen molar-refractivity contribution in [3.05, 3.63) is 53.2 Å². The SMILES string of the molecule is COc1cc(/C=C2\N=C(c3ccc4c(c3)OCO4)OC2=O)ccc1OCC(=O)N1CCCC1. The average molecular weight is 450 g/mol. The van der Waals surface area contributed by atoms with Gasteiger partial charge >= 0.3 is 5.97 Å². The van der Waals surface area contributed by atoms with Crippen molar-refractivity contribution in [2.75, 3.05) is 33.6 Å². The van der Waals surface area contributed by atoms with Gasteiger partial charge in [0.1, 0.15) is 0 Å². The van der Waals surface area contributed by atoms with Crippen molar-refractivity contribution < 1.29 is 33.3 Å². The first-order valence-corrected chi connectivity index (χ1v) is 10.6. The molecule has 0 saturated carbocycles. The molecule has 1 amide bonds. The number of hydrogen-bond donors (Lipinski definition) is 0. The van der Waals surface area contributed by atoms with Gasteiger partial charge in [-0.3, -0.25) is 4.79 Å². The van der Waals surface area contributed by atoms with Gasteiger partial charge in [-0.15, -0.1) is 0 Å². The van der Waals surface area contributed by atoms with Gasteiger partial charge in [-0.2, -0.15) is 0 Å². The Labute approximate surface area is 190 Å². The zero-order valence-corrected chi connectivity index (χ0v) is 18.0. The second-order valence-corrected chi connectivity index (χ2v) is 7.69. The summed E-state index contributed by atoms with van der Waals surface area (Å²) in [6.45, 7) is 1.66. The molecule has 2 aromatic carbocycles. The zero-order chi connectivity index (χ0) is 22.8. The highest BCUT2D eigenvalue weighted by Crippen LogP contribution is 2.34. The van der Waals surface area contributed by atoms with E-state index < -0.39 is 5.97 Å². The molecule has 9 nitrogen and oxygen atoms in total. The van der Waals surface area contributed by atoms with E-state index in [1.807, 2.05) is 0 Å². The smallest absolute Gasteiger partial charge is 0.363 e. The molecule has 0 aromatic heterocycles. The first-order chi connectivity index (χ1) is 16.1. The van der Waals surface area contributed by atoms with Gasteiger partial charge in [-0.1, -0.05) is 6.07 Å². The molecular formula is C24H22N2O7. The molecule has 0 unspecified atom stereocenters. The number of carbonyl (C=O) groups excluding carboxylic acids is 2. The number of methoxy groups -OCH3 is 1. The van der Waals surface area contributed by atoms with Crippen molar-refractivity contribution in [2.45, 2.75) is 12.8 Å². The number of hydrogen-bond acceptors (Lipinski definition) is 8. The summed E-state index contributed by atoms with van der Waals surface area (Å²) in [7, 11) is 1.52. The normalized spacial score (nSPS) is 17.8. The van der Waals surface area contributed by atoms with Crippen LogP contribution in [0.25, 0.3) is 6.08 Å². The fourth-order valence-corrected chi connectivity index (χ4v) is 3.81. The molecule has 2 aromatic rings. The van der Waals surface area contributed by atoms with Crippen LogP contribution in [0.4, 0.5) is 0 Å². The Bertz CT molecular complexity index is 1170. The number of fused-ring (bicyclic) bond motifs is 1. The largest absolute Gasteiger partial charge is 0.493 e. The highest BCUT2D eigenvalue weighted by molar-refractivity contribution is 6.13. The van der Waals surface area contributed by atoms with Gasteiger partial charge < -0.3 is 28.6 Å². The highest BCUT2D eigenvalue weighted by Gasteiger charge is 2.26. The van der Waals surface area contributed by atoms with Crippen LogP contribution in [0.5, 0.6) is 23.0 Å². The van der Waals surface area contributed by atoms with Crippen molar-refractivity contribution in [1.29, 1.82) is 0 Å². The van der Waals surface area contributed by atoms with Gasteiger partial charge in [0, 0.05) is 18.7 Å². The summed E-state index contributed by atoms with van der Waals surface area (Å²) in [5.41, 5.74) is 1.44. The van der Waals surface area contributed by atoms with Crippen LogP contribution in [0.3, 0.4) is 0 Å². The number of carbonyl (C=O) groups is 2. The summed E-state index contributed by atoms with van der Waals surface area (Å²) in [5, 5.41) is 0. The molecule has 0 aliphatic carbocycles. The van der Waals surface area contributed by atoms with Crippen LogP contribution in [-0.4, -0.2) is 56.3 Å². The lowest BCUT2D eigenvalue weighted by Crippen LogP contribution is -2.32. The van der Waals surface area contributed by atoms with Crippen LogP contribution < -0.4 is 18.9 Å². The third kappa shape index (κ3) is 4.34. The summed E-state index contributed by atoms with van der Waals surface area (Å²) in [5.74, 6) is 1.70. The number of likely N-dealkylation sites (tertiary alicyclic amines) is 1. The number of aliphatic imine (C=N–C) groups is 1. The first-order valence-electron chi connectivity index (χ1n) is 10.6. The van der Waals surface area contributed by atoms with E-state index in [0.29, 0.717) is 34.1 Å². The third-order valence-corrected chi connectivity index (χ3v) is 5.54. The lowest BCUT2D eigenvalue weighted by atomic mass is 10.1. The molecule has 9 heteroatoms. The number of amides is 1. The Hall–Kier alpha value is -4.01. The molecule has 1 saturated heterocycles. The Morgan fingerprint density at radius 3 is 2.73 bits per heavy atom. The summed E-state index contributed by atoms with van der Waals surface area (Å²) < 4.78 is 27.1. The zero-order valence-electron chi connectivity index (χ0n) is 18.0. The van der Waals surface area contributed by atoms with E-state index in [0.717, 1.165) is 25.9 Å². The minimum atomic E-state index is -0.557. The molecule has 33 heavy (non-hydrogen) atoms. The Morgan fingerprint density at radius 1 is 1.09 bits per heavy atom. The van der Waals surface area contributed by atoms with Crippen molar-refractivity contribution >= 4 is 23.9 Å². The Balaban J connectivity index is 1.32. The highest BCUT2D eigenvalue weighted by atomic mass is 16.7. The molecule has 3 heterocycles. The van der Waals surface area contributed by atoms with Gasteiger partial charge in [-0.05, 0) is 54.8 Å². The lowest BCUT2D eigenvalue weighted by Gasteiger charge is -2.16. The molecule has 0 bridgehead atoms. The predicted octanol–water partition coefficient (Wildman–Crippen LogP) is 2.77. The fourth-order valence-electron chi connectivity index (χ4n) is 3.81. The summed E-state index contributed by atoms with van der Waals surface area (Å²) in [6.07, 6.45) is 3.66. The van der Waals surface area contributed by atoms with E-state index >= 15 is 0 Å². The number of rotatable bonds is 6. The van der Waals surface area contributed by atoms with Crippen molar-refractivity contribution in [2.24, 2.45) is 4.99 Å². The fraction of sp³-hybridized carbons (Fsp3) is 0.292. The summed E-state index contributed by atoms with van der Waals surface area (Å²) in [6, 6.07) is 10.4. The van der Waals surface area contributed by atoms with Crippen molar-refractivity contribution in [3.8, 4) is 23.0 Å². The Kier molecular flexibility index (Phi) is 5.60. The maximum absolute atomic E-state index is 12.4. The average Bonchev–Trinajstić information content (AvgIpc) is 3.59. The van der Waals surface area contributed by atoms with Gasteiger partial charge in [0.05, 0.1) is 7.11 Å². The Morgan fingerprint density at radius 2 is 1.91 bits per heavy atom. The molecule has 5 rings (SSSR count). The van der Waals surface area contributed by atoms with Crippen LogP contribution in [0.1, 0.15) is 24.0 Å². The number of ether oxygens (including phenoxy) is 5. The molecule has 0 radical (unpaired) electrons. The van der Waals surface area contributed by atoms with Gasteiger partial charge in [-0.25, -0.2) is 9.79 Å². The van der Waals surface area contributed by atoms with E-state index in [1.165, 1.54) is 7.11 Å². The van der Waals surface area contributed by atoms with E-state index in [4.69, 9.17) is 23.7 Å². The van der Waals surface area contributed by atoms with Crippen molar-refractivity contribution in [3.63, 3.8) is 0 Å². The molecule has 0 spiro atoms. The molecule has 0 atom stereocenters. The second kappa shape index (κ2) is 8.85. The summed E-state index contributed by atoms with van der Waals surface area (Å²) in [4.78, 5) is 30.7. The maximum atomic E-state index is 12.4. The number of esters is 1. The summed E-state index contributed by atoms with van der Waals surface area (Å²) >= 11 is 0. The van der Waals surface area contributed by atoms with Crippen LogP contribution in [0, 0.1) is 0 Å². The number of nitrogens with zero attached hydrogens (tertiary/aromatic N) is 2. The first kappa shape index (κ1) is 20.9. The van der Waals surface area contributed by atoms with E-state index in [-0.39, 0.29) is 30.9 Å². The van der Waals surface area contributed by atoms with Gasteiger partial charge in [0.2, 0.25) is 12.7 Å². The lowest BCUT2D eigenvalue weighted by molar-refractivity contribution is -0.132. The molecule has 0 N–H and O–H groups in total. The van der Waals surface area contributed by atoms with Crippen LogP contribution in [-0.2, 0) is 14.3 Å². The molecule has 3 aliphatic heterocycles. The molecule has 1 fully saturated rings.